The van der Waals surface area contributed by atoms with Crippen molar-refractivity contribution >= 4 is 26.0 Å². The van der Waals surface area contributed by atoms with E-state index in [1.165, 1.54) is 23.6 Å². The SMILES string of the molecule is C=CCN(CCOC)S(=O)(=O)c1ccc(CO)cc1Br. The van der Waals surface area contributed by atoms with Crippen molar-refractivity contribution in [2.45, 2.75) is 11.5 Å². The molecule has 0 aliphatic rings. The van der Waals surface area contributed by atoms with E-state index in [2.05, 4.69) is 22.5 Å². The molecule has 0 bridgehead atoms. The molecule has 0 unspecified atom stereocenters. The second-order valence-electron chi connectivity index (χ2n) is 4.07. The summed E-state index contributed by atoms with van der Waals surface area (Å²) in [4.78, 5) is 0.160. The second kappa shape index (κ2) is 7.90. The van der Waals surface area contributed by atoms with Gasteiger partial charge in [-0.05, 0) is 33.6 Å². The zero-order valence-corrected chi connectivity index (χ0v) is 13.7. The third-order valence-electron chi connectivity index (χ3n) is 2.67. The number of hydrogen-bond donors (Lipinski definition) is 1. The van der Waals surface area contributed by atoms with Crippen LogP contribution in [0.3, 0.4) is 0 Å². The van der Waals surface area contributed by atoms with E-state index in [-0.39, 0.29) is 24.6 Å². The Morgan fingerprint density at radius 1 is 1.50 bits per heavy atom. The molecule has 0 fully saturated rings. The molecule has 0 amide bonds. The van der Waals surface area contributed by atoms with Crippen molar-refractivity contribution in [3.8, 4) is 0 Å². The lowest BCUT2D eigenvalue weighted by atomic mass is 10.2. The van der Waals surface area contributed by atoms with E-state index in [1.54, 1.807) is 12.1 Å². The van der Waals surface area contributed by atoms with Crippen LogP contribution in [0.1, 0.15) is 5.56 Å². The van der Waals surface area contributed by atoms with Crippen LogP contribution in [0.15, 0.2) is 40.2 Å². The standard InChI is InChI=1S/C13H18BrNO4S/c1-3-6-15(7-8-19-2)20(17,18)13-5-4-11(10-16)9-12(13)14/h3-5,9,16H,1,6-8,10H2,2H3. The lowest BCUT2D eigenvalue weighted by Crippen LogP contribution is -2.34. The van der Waals surface area contributed by atoms with Gasteiger partial charge in [0.25, 0.3) is 0 Å². The molecule has 0 aromatic heterocycles. The highest BCUT2D eigenvalue weighted by molar-refractivity contribution is 9.10. The minimum atomic E-state index is -3.64. The fourth-order valence-electron chi connectivity index (χ4n) is 1.64. The first-order valence-electron chi connectivity index (χ1n) is 5.96. The van der Waals surface area contributed by atoms with Gasteiger partial charge in [-0.1, -0.05) is 12.1 Å². The van der Waals surface area contributed by atoms with Gasteiger partial charge in [0, 0.05) is 24.7 Å². The van der Waals surface area contributed by atoms with E-state index in [0.717, 1.165) is 0 Å². The predicted molar refractivity (Wildman–Crippen MR) is 80.9 cm³/mol. The van der Waals surface area contributed by atoms with E-state index in [4.69, 9.17) is 9.84 Å². The summed E-state index contributed by atoms with van der Waals surface area (Å²) in [6.45, 7) is 4.20. The van der Waals surface area contributed by atoms with Gasteiger partial charge in [0.05, 0.1) is 18.1 Å². The Bertz CT molecular complexity index is 559. The molecule has 0 radical (unpaired) electrons. The van der Waals surface area contributed by atoms with Crippen molar-refractivity contribution in [3.63, 3.8) is 0 Å². The molecule has 0 atom stereocenters. The fourth-order valence-corrected chi connectivity index (χ4v) is 4.12. The van der Waals surface area contributed by atoms with E-state index in [1.807, 2.05) is 0 Å². The summed E-state index contributed by atoms with van der Waals surface area (Å²) in [5.74, 6) is 0. The Morgan fingerprint density at radius 2 is 2.20 bits per heavy atom. The van der Waals surface area contributed by atoms with Crippen LogP contribution in [-0.4, -0.2) is 44.6 Å². The molecule has 0 saturated heterocycles. The van der Waals surface area contributed by atoms with E-state index >= 15 is 0 Å². The maximum absolute atomic E-state index is 12.6. The van der Waals surface area contributed by atoms with Gasteiger partial charge in [-0.3, -0.25) is 0 Å². The van der Waals surface area contributed by atoms with Gasteiger partial charge in [-0.2, -0.15) is 4.31 Å². The molecule has 5 nitrogen and oxygen atoms in total. The average Bonchev–Trinajstić information content (AvgIpc) is 2.42. The zero-order valence-electron chi connectivity index (χ0n) is 11.3. The summed E-state index contributed by atoms with van der Waals surface area (Å²) in [6.07, 6.45) is 1.53. The van der Waals surface area contributed by atoms with Gasteiger partial charge in [-0.15, -0.1) is 6.58 Å². The second-order valence-corrected chi connectivity index (χ2v) is 6.83. The minimum Gasteiger partial charge on any atom is -0.392 e. The first kappa shape index (κ1) is 17.3. The lowest BCUT2D eigenvalue weighted by molar-refractivity contribution is 0.182. The van der Waals surface area contributed by atoms with Gasteiger partial charge < -0.3 is 9.84 Å². The molecule has 112 valence electrons. The molecule has 0 heterocycles. The van der Waals surface area contributed by atoms with Crippen molar-refractivity contribution in [1.82, 2.24) is 4.31 Å². The summed E-state index contributed by atoms with van der Waals surface area (Å²) >= 11 is 3.24. The molecule has 1 aromatic rings. The monoisotopic (exact) mass is 363 g/mol. The number of halogens is 1. The number of hydrogen-bond acceptors (Lipinski definition) is 4. The number of aliphatic hydroxyl groups excluding tert-OH is 1. The highest BCUT2D eigenvalue weighted by Gasteiger charge is 2.25. The lowest BCUT2D eigenvalue weighted by Gasteiger charge is -2.21. The quantitative estimate of drug-likeness (QED) is 0.714. The average molecular weight is 364 g/mol. The van der Waals surface area contributed by atoms with Crippen molar-refractivity contribution in [1.29, 1.82) is 0 Å². The van der Waals surface area contributed by atoms with Gasteiger partial charge in [0.2, 0.25) is 10.0 Å². The summed E-state index contributed by atoms with van der Waals surface area (Å²) in [5.41, 5.74) is 0.642. The van der Waals surface area contributed by atoms with Crippen LogP contribution in [0.2, 0.25) is 0 Å². The maximum Gasteiger partial charge on any atom is 0.244 e. The Kier molecular flexibility index (Phi) is 6.84. The minimum absolute atomic E-state index is 0.140. The van der Waals surface area contributed by atoms with Crippen LogP contribution >= 0.6 is 15.9 Å². The number of methoxy groups -OCH3 is 1. The number of rotatable bonds is 8. The van der Waals surface area contributed by atoms with E-state index in [0.29, 0.717) is 16.6 Å². The molecule has 1 rings (SSSR count). The molecule has 0 saturated carbocycles. The van der Waals surface area contributed by atoms with Gasteiger partial charge >= 0.3 is 0 Å². The Hall–Kier alpha value is -0.730. The maximum atomic E-state index is 12.6. The van der Waals surface area contributed by atoms with Crippen LogP contribution in [0.25, 0.3) is 0 Å². The molecule has 1 aromatic carbocycles. The third kappa shape index (κ3) is 4.13. The molecule has 7 heteroatoms. The van der Waals surface area contributed by atoms with Crippen LogP contribution in [0.4, 0.5) is 0 Å². The van der Waals surface area contributed by atoms with Crippen LogP contribution in [0, 0.1) is 0 Å². The predicted octanol–water partition coefficient (Wildman–Crippen LogP) is 1.76. The number of sulfonamides is 1. The van der Waals surface area contributed by atoms with E-state index < -0.39 is 10.0 Å². The summed E-state index contributed by atoms with van der Waals surface area (Å²) in [7, 11) is -2.12. The smallest absolute Gasteiger partial charge is 0.244 e. The zero-order chi connectivity index (χ0) is 15.2. The van der Waals surface area contributed by atoms with Crippen molar-refractivity contribution < 1.29 is 18.3 Å². The molecular formula is C13H18BrNO4S. The molecule has 1 N–H and O–H groups in total. The van der Waals surface area contributed by atoms with Crippen LogP contribution < -0.4 is 0 Å². The third-order valence-corrected chi connectivity index (χ3v) is 5.52. The topological polar surface area (TPSA) is 66.8 Å². The molecule has 0 spiro atoms. The largest absolute Gasteiger partial charge is 0.392 e. The van der Waals surface area contributed by atoms with Crippen molar-refractivity contribution in [2.24, 2.45) is 0 Å². The summed E-state index contributed by atoms with van der Waals surface area (Å²) in [6, 6.07) is 4.66. The Labute approximate surface area is 128 Å². The number of nitrogens with zero attached hydrogens (tertiary/aromatic N) is 1. The normalized spacial score (nSPS) is 11.8. The summed E-state index contributed by atoms with van der Waals surface area (Å²) < 4.78 is 31.8. The van der Waals surface area contributed by atoms with Crippen molar-refractivity contribution in [3.05, 3.63) is 40.9 Å². The highest BCUT2D eigenvalue weighted by Crippen LogP contribution is 2.26. The van der Waals surface area contributed by atoms with Crippen LogP contribution in [-0.2, 0) is 21.4 Å². The van der Waals surface area contributed by atoms with E-state index in [9.17, 15) is 8.42 Å². The number of benzene rings is 1. The first-order chi connectivity index (χ1) is 9.47. The number of aliphatic hydroxyl groups is 1. The van der Waals surface area contributed by atoms with Gasteiger partial charge in [0.15, 0.2) is 0 Å². The Balaban J connectivity index is 3.15. The molecule has 0 aliphatic heterocycles. The fraction of sp³-hybridized carbons (Fsp3) is 0.385. The number of ether oxygens (including phenoxy) is 1. The van der Waals surface area contributed by atoms with Crippen molar-refractivity contribution in [2.75, 3.05) is 26.8 Å². The summed E-state index contributed by atoms with van der Waals surface area (Å²) in [5, 5.41) is 9.05. The highest BCUT2D eigenvalue weighted by atomic mass is 79.9. The first-order valence-corrected chi connectivity index (χ1v) is 8.20. The molecular weight excluding hydrogens is 346 g/mol. The molecule has 20 heavy (non-hydrogen) atoms. The Morgan fingerprint density at radius 3 is 2.70 bits per heavy atom. The van der Waals surface area contributed by atoms with Gasteiger partial charge in [0.1, 0.15) is 0 Å². The van der Waals surface area contributed by atoms with Gasteiger partial charge in [-0.25, -0.2) is 8.42 Å². The molecule has 0 aliphatic carbocycles. The van der Waals surface area contributed by atoms with Crippen LogP contribution in [0.5, 0.6) is 0 Å².